The van der Waals surface area contributed by atoms with E-state index in [1.54, 1.807) is 0 Å². The third-order valence-electron chi connectivity index (χ3n) is 2.51. The minimum absolute atomic E-state index is 0.299. The van der Waals surface area contributed by atoms with E-state index in [1.165, 1.54) is 0 Å². The second-order valence-electron chi connectivity index (χ2n) is 3.52. The van der Waals surface area contributed by atoms with E-state index in [1.807, 2.05) is 30.3 Å². The SMILES string of the molecule is CCC(C)C(C)Oc1ccccc1. The average molecular weight is 178 g/mol. The van der Waals surface area contributed by atoms with Crippen molar-refractivity contribution in [1.29, 1.82) is 0 Å². The van der Waals surface area contributed by atoms with E-state index in [0.717, 1.165) is 12.2 Å². The van der Waals surface area contributed by atoms with Gasteiger partial charge >= 0.3 is 0 Å². The Morgan fingerprint density at radius 3 is 2.31 bits per heavy atom. The highest BCUT2D eigenvalue weighted by Crippen LogP contribution is 2.16. The number of para-hydroxylation sites is 1. The average Bonchev–Trinajstić information content (AvgIpc) is 2.18. The highest BCUT2D eigenvalue weighted by molar-refractivity contribution is 5.21. The fourth-order valence-electron chi connectivity index (χ4n) is 1.16. The van der Waals surface area contributed by atoms with E-state index >= 15 is 0 Å². The highest BCUT2D eigenvalue weighted by Gasteiger charge is 2.10. The smallest absolute Gasteiger partial charge is 0.119 e. The number of rotatable bonds is 4. The van der Waals surface area contributed by atoms with Gasteiger partial charge in [0.2, 0.25) is 0 Å². The fraction of sp³-hybridized carbons (Fsp3) is 0.500. The van der Waals surface area contributed by atoms with Crippen LogP contribution in [0.15, 0.2) is 30.3 Å². The van der Waals surface area contributed by atoms with Crippen LogP contribution in [0.5, 0.6) is 5.75 Å². The Hall–Kier alpha value is -0.980. The molecular weight excluding hydrogens is 160 g/mol. The quantitative estimate of drug-likeness (QED) is 0.685. The zero-order valence-electron chi connectivity index (χ0n) is 8.66. The van der Waals surface area contributed by atoms with Gasteiger partial charge < -0.3 is 4.74 Å². The molecule has 2 atom stereocenters. The number of hydrogen-bond donors (Lipinski definition) is 0. The van der Waals surface area contributed by atoms with Crippen LogP contribution in [0.2, 0.25) is 0 Å². The first-order chi connectivity index (χ1) is 6.24. The summed E-state index contributed by atoms with van der Waals surface area (Å²) in [4.78, 5) is 0. The van der Waals surface area contributed by atoms with Crippen molar-refractivity contribution in [3.05, 3.63) is 30.3 Å². The maximum atomic E-state index is 5.77. The molecule has 0 aliphatic carbocycles. The predicted molar refractivity (Wildman–Crippen MR) is 56.0 cm³/mol. The molecule has 1 aromatic rings. The summed E-state index contributed by atoms with van der Waals surface area (Å²) in [5.74, 6) is 1.58. The third-order valence-corrected chi connectivity index (χ3v) is 2.51. The van der Waals surface area contributed by atoms with Crippen LogP contribution >= 0.6 is 0 Å². The summed E-state index contributed by atoms with van der Waals surface area (Å²) in [7, 11) is 0. The first kappa shape index (κ1) is 10.1. The van der Waals surface area contributed by atoms with Crippen molar-refractivity contribution in [3.63, 3.8) is 0 Å². The molecule has 13 heavy (non-hydrogen) atoms. The molecule has 0 heterocycles. The van der Waals surface area contributed by atoms with Gasteiger partial charge in [-0.15, -0.1) is 0 Å². The third kappa shape index (κ3) is 3.10. The molecule has 0 aromatic heterocycles. The van der Waals surface area contributed by atoms with Gasteiger partial charge in [-0.25, -0.2) is 0 Å². The van der Waals surface area contributed by atoms with Crippen LogP contribution in [0.25, 0.3) is 0 Å². The van der Waals surface area contributed by atoms with E-state index in [4.69, 9.17) is 4.74 Å². The van der Waals surface area contributed by atoms with E-state index in [2.05, 4.69) is 20.8 Å². The lowest BCUT2D eigenvalue weighted by Gasteiger charge is -2.19. The molecule has 0 N–H and O–H groups in total. The minimum atomic E-state index is 0.299. The van der Waals surface area contributed by atoms with Crippen LogP contribution in [0.1, 0.15) is 27.2 Å². The van der Waals surface area contributed by atoms with Crippen molar-refractivity contribution in [2.45, 2.75) is 33.3 Å². The second kappa shape index (κ2) is 4.90. The normalized spacial score (nSPS) is 15.0. The van der Waals surface area contributed by atoms with E-state index in [9.17, 15) is 0 Å². The monoisotopic (exact) mass is 178 g/mol. The Bertz CT molecular complexity index is 230. The molecular formula is C12H18O. The van der Waals surface area contributed by atoms with Crippen LogP contribution in [-0.2, 0) is 0 Å². The molecule has 0 amide bonds. The lowest BCUT2D eigenvalue weighted by molar-refractivity contribution is 0.158. The summed E-state index contributed by atoms with van der Waals surface area (Å²) < 4.78 is 5.77. The zero-order valence-corrected chi connectivity index (χ0v) is 8.66. The Kier molecular flexibility index (Phi) is 3.81. The van der Waals surface area contributed by atoms with Crippen LogP contribution in [0.3, 0.4) is 0 Å². The molecule has 0 saturated heterocycles. The van der Waals surface area contributed by atoms with E-state index in [-0.39, 0.29) is 0 Å². The van der Waals surface area contributed by atoms with Gasteiger partial charge in [-0.1, -0.05) is 38.5 Å². The molecule has 0 spiro atoms. The molecule has 1 nitrogen and oxygen atoms in total. The van der Waals surface area contributed by atoms with Crippen LogP contribution in [0, 0.1) is 5.92 Å². The van der Waals surface area contributed by atoms with Crippen LogP contribution in [0.4, 0.5) is 0 Å². The van der Waals surface area contributed by atoms with Crippen molar-refractivity contribution in [3.8, 4) is 5.75 Å². The molecule has 0 aliphatic heterocycles. The summed E-state index contributed by atoms with van der Waals surface area (Å²) in [6.45, 7) is 6.53. The van der Waals surface area contributed by atoms with E-state index in [0.29, 0.717) is 12.0 Å². The fourth-order valence-corrected chi connectivity index (χ4v) is 1.16. The van der Waals surface area contributed by atoms with Crippen LogP contribution < -0.4 is 4.74 Å². The van der Waals surface area contributed by atoms with Crippen molar-refractivity contribution in [2.75, 3.05) is 0 Å². The largest absolute Gasteiger partial charge is 0.490 e. The van der Waals surface area contributed by atoms with Crippen molar-refractivity contribution < 1.29 is 4.74 Å². The molecule has 2 unspecified atom stereocenters. The van der Waals surface area contributed by atoms with Gasteiger partial charge in [0.25, 0.3) is 0 Å². The lowest BCUT2D eigenvalue weighted by Crippen LogP contribution is -2.20. The van der Waals surface area contributed by atoms with Gasteiger partial charge in [0.05, 0.1) is 6.10 Å². The molecule has 0 aliphatic rings. The lowest BCUT2D eigenvalue weighted by atomic mass is 10.0. The molecule has 1 heteroatoms. The molecule has 0 saturated carbocycles. The molecule has 72 valence electrons. The summed E-state index contributed by atoms with van der Waals surface area (Å²) >= 11 is 0. The first-order valence-corrected chi connectivity index (χ1v) is 4.95. The van der Waals surface area contributed by atoms with Crippen molar-refractivity contribution >= 4 is 0 Å². The highest BCUT2D eigenvalue weighted by atomic mass is 16.5. The zero-order chi connectivity index (χ0) is 9.68. The van der Waals surface area contributed by atoms with Gasteiger partial charge in [-0.05, 0) is 25.0 Å². The van der Waals surface area contributed by atoms with Gasteiger partial charge in [-0.2, -0.15) is 0 Å². The van der Waals surface area contributed by atoms with Crippen LogP contribution in [-0.4, -0.2) is 6.10 Å². The maximum absolute atomic E-state index is 5.77. The molecule has 0 bridgehead atoms. The molecule has 0 fully saturated rings. The summed E-state index contributed by atoms with van der Waals surface area (Å²) in [6, 6.07) is 10.00. The van der Waals surface area contributed by atoms with Gasteiger partial charge in [0.15, 0.2) is 0 Å². The molecule has 0 radical (unpaired) electrons. The predicted octanol–water partition coefficient (Wildman–Crippen LogP) is 3.50. The Morgan fingerprint density at radius 1 is 1.15 bits per heavy atom. The maximum Gasteiger partial charge on any atom is 0.119 e. The Labute approximate surface area is 80.7 Å². The van der Waals surface area contributed by atoms with Gasteiger partial charge in [0, 0.05) is 0 Å². The number of hydrogen-bond acceptors (Lipinski definition) is 1. The topological polar surface area (TPSA) is 9.23 Å². The first-order valence-electron chi connectivity index (χ1n) is 4.95. The Balaban J connectivity index is 2.50. The van der Waals surface area contributed by atoms with Gasteiger partial charge in [-0.3, -0.25) is 0 Å². The van der Waals surface area contributed by atoms with Crippen molar-refractivity contribution in [2.24, 2.45) is 5.92 Å². The number of ether oxygens (including phenoxy) is 1. The molecule has 1 aromatic carbocycles. The standard InChI is InChI=1S/C12H18O/c1-4-10(2)11(3)13-12-8-6-5-7-9-12/h5-11H,4H2,1-3H3. The summed E-state index contributed by atoms with van der Waals surface area (Å²) in [5.41, 5.74) is 0. The van der Waals surface area contributed by atoms with Crippen molar-refractivity contribution in [1.82, 2.24) is 0 Å². The summed E-state index contributed by atoms with van der Waals surface area (Å²) in [5, 5.41) is 0. The second-order valence-corrected chi connectivity index (χ2v) is 3.52. The van der Waals surface area contributed by atoms with E-state index < -0.39 is 0 Å². The molecule has 1 rings (SSSR count). The Morgan fingerprint density at radius 2 is 1.77 bits per heavy atom. The number of benzene rings is 1. The van der Waals surface area contributed by atoms with Gasteiger partial charge in [0.1, 0.15) is 5.75 Å². The summed E-state index contributed by atoms with van der Waals surface area (Å²) in [6.07, 6.45) is 1.46. The minimum Gasteiger partial charge on any atom is -0.490 e.